The molecular formula is C24H19N5O3. The van der Waals surface area contributed by atoms with E-state index in [1.54, 1.807) is 42.5 Å². The molecule has 0 fully saturated rings. The quantitative estimate of drug-likeness (QED) is 0.441. The Kier molecular flexibility index (Phi) is 4.87. The minimum absolute atomic E-state index is 0.257. The number of hydrogen-bond donors (Lipinski definition) is 1. The highest BCUT2D eigenvalue weighted by molar-refractivity contribution is 6.06. The largest absolute Gasteiger partial charge is 0.496 e. The van der Waals surface area contributed by atoms with Crippen molar-refractivity contribution < 1.29 is 14.3 Å². The molecule has 5 aromatic rings. The second kappa shape index (κ2) is 7.99. The first-order valence-corrected chi connectivity index (χ1v) is 9.97. The molecular weight excluding hydrogens is 406 g/mol. The third-order valence-electron chi connectivity index (χ3n) is 5.04. The van der Waals surface area contributed by atoms with Crippen molar-refractivity contribution in [1.29, 1.82) is 0 Å². The number of fused-ring (bicyclic) bond motifs is 3. The van der Waals surface area contributed by atoms with Gasteiger partial charge in [-0.05, 0) is 55.5 Å². The summed E-state index contributed by atoms with van der Waals surface area (Å²) in [6, 6.07) is 21.8. The minimum atomic E-state index is -0.257. The Bertz CT molecular complexity index is 1440. The number of ether oxygens (including phenoxy) is 2. The topological polar surface area (TPSA) is 90.6 Å². The summed E-state index contributed by atoms with van der Waals surface area (Å²) in [5.74, 6) is 1.92. The summed E-state index contributed by atoms with van der Waals surface area (Å²) < 4.78 is 13.2. The predicted octanol–water partition coefficient (Wildman–Crippen LogP) is 4.64. The Labute approximate surface area is 183 Å². The Morgan fingerprint density at radius 3 is 2.50 bits per heavy atom. The lowest BCUT2D eigenvalue weighted by Crippen LogP contribution is -2.13. The molecule has 1 N–H and O–H groups in total. The SMILES string of the molecule is COc1ccccc1C(=O)Nc1ccc(Oc2nc3ccccc3n3c(C)nnc23)cc1. The van der Waals surface area contributed by atoms with E-state index < -0.39 is 0 Å². The summed E-state index contributed by atoms with van der Waals surface area (Å²) in [6.07, 6.45) is 0. The average Bonchev–Trinajstić information content (AvgIpc) is 3.22. The molecule has 0 saturated heterocycles. The van der Waals surface area contributed by atoms with E-state index >= 15 is 0 Å². The molecule has 0 bridgehead atoms. The van der Waals surface area contributed by atoms with Crippen molar-refractivity contribution in [2.24, 2.45) is 0 Å². The average molecular weight is 425 g/mol. The third kappa shape index (κ3) is 3.47. The number of amides is 1. The van der Waals surface area contributed by atoms with Gasteiger partial charge in [0, 0.05) is 5.69 Å². The van der Waals surface area contributed by atoms with E-state index in [0.29, 0.717) is 34.3 Å². The van der Waals surface area contributed by atoms with Crippen LogP contribution in [0.2, 0.25) is 0 Å². The van der Waals surface area contributed by atoms with Crippen molar-refractivity contribution in [3.63, 3.8) is 0 Å². The van der Waals surface area contributed by atoms with Gasteiger partial charge in [0.1, 0.15) is 17.3 Å². The van der Waals surface area contributed by atoms with Crippen LogP contribution in [-0.4, -0.2) is 32.6 Å². The fourth-order valence-electron chi connectivity index (χ4n) is 3.51. The predicted molar refractivity (Wildman–Crippen MR) is 120 cm³/mol. The molecule has 0 radical (unpaired) electrons. The van der Waals surface area contributed by atoms with Crippen molar-refractivity contribution in [3.8, 4) is 17.4 Å². The minimum Gasteiger partial charge on any atom is -0.496 e. The second-order valence-corrected chi connectivity index (χ2v) is 7.09. The monoisotopic (exact) mass is 425 g/mol. The maximum Gasteiger partial charge on any atom is 0.266 e. The molecule has 5 rings (SSSR count). The number of nitrogens with zero attached hydrogens (tertiary/aromatic N) is 4. The van der Waals surface area contributed by atoms with Crippen LogP contribution < -0.4 is 14.8 Å². The van der Waals surface area contributed by atoms with E-state index in [0.717, 1.165) is 16.9 Å². The van der Waals surface area contributed by atoms with E-state index in [1.165, 1.54) is 7.11 Å². The molecule has 32 heavy (non-hydrogen) atoms. The Hall–Kier alpha value is -4.46. The van der Waals surface area contributed by atoms with Crippen molar-refractivity contribution >= 4 is 28.3 Å². The molecule has 0 aliphatic rings. The van der Waals surface area contributed by atoms with Gasteiger partial charge in [-0.15, -0.1) is 10.2 Å². The van der Waals surface area contributed by atoms with Gasteiger partial charge in [0.25, 0.3) is 11.8 Å². The number of carbonyl (C=O) groups excluding carboxylic acids is 1. The molecule has 3 aromatic carbocycles. The van der Waals surface area contributed by atoms with Gasteiger partial charge in [-0.1, -0.05) is 24.3 Å². The Balaban J connectivity index is 1.40. The molecule has 1 amide bonds. The van der Waals surface area contributed by atoms with Crippen molar-refractivity contribution in [2.45, 2.75) is 6.92 Å². The first kappa shape index (κ1) is 19.5. The lowest BCUT2D eigenvalue weighted by molar-refractivity contribution is 0.102. The lowest BCUT2D eigenvalue weighted by Gasteiger charge is -2.11. The number of carbonyl (C=O) groups is 1. The molecule has 0 saturated carbocycles. The van der Waals surface area contributed by atoms with Gasteiger partial charge in [-0.2, -0.15) is 0 Å². The van der Waals surface area contributed by atoms with Gasteiger partial charge in [0.05, 0.1) is 23.7 Å². The van der Waals surface area contributed by atoms with Gasteiger partial charge < -0.3 is 14.8 Å². The third-order valence-corrected chi connectivity index (χ3v) is 5.04. The standard InChI is InChI=1S/C24H19N5O3/c1-15-27-28-22-24(26-19-8-4-5-9-20(19)29(15)22)32-17-13-11-16(12-14-17)25-23(30)18-7-3-6-10-21(18)31-2/h3-14H,1-2H3,(H,25,30). The summed E-state index contributed by atoms with van der Waals surface area (Å²) in [5.41, 5.74) is 3.31. The number of rotatable bonds is 5. The summed E-state index contributed by atoms with van der Waals surface area (Å²) in [7, 11) is 1.53. The number of aromatic nitrogens is 4. The van der Waals surface area contributed by atoms with Gasteiger partial charge in [0.2, 0.25) is 5.65 Å². The number of nitrogens with one attached hydrogen (secondary N) is 1. The zero-order valence-electron chi connectivity index (χ0n) is 17.4. The van der Waals surface area contributed by atoms with Crippen LogP contribution >= 0.6 is 0 Å². The zero-order chi connectivity index (χ0) is 22.1. The normalized spacial score (nSPS) is 10.9. The van der Waals surface area contributed by atoms with Crippen LogP contribution in [0.4, 0.5) is 5.69 Å². The van der Waals surface area contributed by atoms with Gasteiger partial charge >= 0.3 is 0 Å². The Morgan fingerprint density at radius 2 is 1.69 bits per heavy atom. The number of methoxy groups -OCH3 is 1. The van der Waals surface area contributed by atoms with Crippen molar-refractivity contribution in [2.75, 3.05) is 12.4 Å². The molecule has 2 aromatic heterocycles. The fourth-order valence-corrected chi connectivity index (χ4v) is 3.51. The molecule has 0 atom stereocenters. The first-order valence-electron chi connectivity index (χ1n) is 9.97. The number of anilines is 1. The highest BCUT2D eigenvalue weighted by Crippen LogP contribution is 2.28. The van der Waals surface area contributed by atoms with Crippen molar-refractivity contribution in [3.05, 3.63) is 84.2 Å². The molecule has 0 unspecified atom stereocenters. The van der Waals surface area contributed by atoms with E-state index in [4.69, 9.17) is 9.47 Å². The van der Waals surface area contributed by atoms with Crippen LogP contribution in [0.25, 0.3) is 16.7 Å². The summed E-state index contributed by atoms with van der Waals surface area (Å²) in [4.78, 5) is 17.2. The summed E-state index contributed by atoms with van der Waals surface area (Å²) >= 11 is 0. The highest BCUT2D eigenvalue weighted by atomic mass is 16.5. The smallest absolute Gasteiger partial charge is 0.266 e. The molecule has 0 spiro atoms. The van der Waals surface area contributed by atoms with E-state index in [-0.39, 0.29) is 5.91 Å². The molecule has 2 heterocycles. The molecule has 0 aliphatic carbocycles. The number of benzene rings is 3. The maximum absolute atomic E-state index is 12.6. The van der Waals surface area contributed by atoms with Gasteiger partial charge in [0.15, 0.2) is 0 Å². The summed E-state index contributed by atoms with van der Waals surface area (Å²) in [6.45, 7) is 1.88. The van der Waals surface area contributed by atoms with Crippen LogP contribution in [0, 0.1) is 6.92 Å². The molecule has 8 nitrogen and oxygen atoms in total. The maximum atomic E-state index is 12.6. The highest BCUT2D eigenvalue weighted by Gasteiger charge is 2.15. The van der Waals surface area contributed by atoms with Gasteiger partial charge in [-0.25, -0.2) is 4.98 Å². The second-order valence-electron chi connectivity index (χ2n) is 7.09. The first-order chi connectivity index (χ1) is 15.6. The fraction of sp³-hybridized carbons (Fsp3) is 0.0833. The number of hydrogen-bond acceptors (Lipinski definition) is 6. The van der Waals surface area contributed by atoms with E-state index in [1.807, 2.05) is 41.7 Å². The van der Waals surface area contributed by atoms with E-state index in [9.17, 15) is 4.79 Å². The van der Waals surface area contributed by atoms with Gasteiger partial charge in [-0.3, -0.25) is 9.20 Å². The number of aryl methyl sites for hydroxylation is 1. The van der Waals surface area contributed by atoms with Crippen LogP contribution in [0.15, 0.2) is 72.8 Å². The van der Waals surface area contributed by atoms with Crippen LogP contribution in [-0.2, 0) is 0 Å². The molecule has 158 valence electrons. The zero-order valence-corrected chi connectivity index (χ0v) is 17.4. The Morgan fingerprint density at radius 1 is 0.938 bits per heavy atom. The van der Waals surface area contributed by atoms with Crippen molar-refractivity contribution in [1.82, 2.24) is 19.6 Å². The molecule has 8 heteroatoms. The van der Waals surface area contributed by atoms with Crippen LogP contribution in [0.3, 0.4) is 0 Å². The molecule has 0 aliphatic heterocycles. The van der Waals surface area contributed by atoms with E-state index in [2.05, 4.69) is 20.5 Å². The lowest BCUT2D eigenvalue weighted by atomic mass is 10.2. The number of para-hydroxylation sites is 3. The summed E-state index contributed by atoms with van der Waals surface area (Å²) in [5, 5.41) is 11.3. The van der Waals surface area contributed by atoms with Crippen LogP contribution in [0.1, 0.15) is 16.2 Å². The van der Waals surface area contributed by atoms with Crippen LogP contribution in [0.5, 0.6) is 17.4 Å².